The number of methoxy groups -OCH3 is 1. The van der Waals surface area contributed by atoms with Gasteiger partial charge < -0.3 is 24.2 Å². The van der Waals surface area contributed by atoms with Crippen LogP contribution in [0.3, 0.4) is 0 Å². The van der Waals surface area contributed by atoms with Gasteiger partial charge in [0.25, 0.3) is 5.91 Å². The highest BCUT2D eigenvalue weighted by Gasteiger charge is 2.30. The van der Waals surface area contributed by atoms with E-state index in [9.17, 15) is 9.59 Å². The molecule has 0 aliphatic carbocycles. The van der Waals surface area contributed by atoms with E-state index in [1.807, 2.05) is 43.3 Å². The first-order valence-electron chi connectivity index (χ1n) is 14.6. The molecule has 0 N–H and O–H groups in total. The molecule has 2 fully saturated rings. The number of anilines is 2. The maximum Gasteiger partial charge on any atom is 0.310 e. The molecule has 42 heavy (non-hydrogen) atoms. The first-order chi connectivity index (χ1) is 20.4. The summed E-state index contributed by atoms with van der Waals surface area (Å²) in [7, 11) is 1.68. The molecule has 1 unspecified atom stereocenters. The number of thioether (sulfide) groups is 1. The number of ether oxygens (including phenoxy) is 2. The Bertz CT molecular complexity index is 1380. The summed E-state index contributed by atoms with van der Waals surface area (Å²) in [4.78, 5) is 41.6. The molecule has 2 aromatic carbocycles. The molecule has 2 aliphatic rings. The second-order valence-electron chi connectivity index (χ2n) is 10.7. The van der Waals surface area contributed by atoms with E-state index in [1.54, 1.807) is 30.7 Å². The average molecular weight is 590 g/mol. The summed E-state index contributed by atoms with van der Waals surface area (Å²) in [5.41, 5.74) is 3.80. The first-order valence-corrected chi connectivity index (χ1v) is 15.6. The third-order valence-electron chi connectivity index (χ3n) is 7.73. The topological polar surface area (TPSA) is 88.1 Å². The number of esters is 1. The van der Waals surface area contributed by atoms with E-state index in [-0.39, 0.29) is 17.8 Å². The molecule has 2 saturated heterocycles. The molecule has 10 heteroatoms. The number of piperidine rings is 1. The van der Waals surface area contributed by atoms with Gasteiger partial charge in [-0.25, -0.2) is 9.97 Å². The van der Waals surface area contributed by atoms with Crippen molar-refractivity contribution in [3.8, 4) is 5.75 Å². The summed E-state index contributed by atoms with van der Waals surface area (Å²) >= 11 is 1.58. The lowest BCUT2D eigenvalue weighted by Gasteiger charge is -2.36. The van der Waals surface area contributed by atoms with E-state index in [2.05, 4.69) is 33.0 Å². The van der Waals surface area contributed by atoms with Gasteiger partial charge in [0.05, 0.1) is 19.6 Å². The summed E-state index contributed by atoms with van der Waals surface area (Å²) in [5.74, 6) is 1.96. The SMILES string of the molecule is CCOC(=O)C1CCCN(C(=O)c2cccc(CSc3nc(C)cc(N4CCN(c5ccc(OC)cc5)CC4)n3)c2)C1. The van der Waals surface area contributed by atoms with Gasteiger partial charge in [-0.3, -0.25) is 9.59 Å². The molecule has 3 heterocycles. The van der Waals surface area contributed by atoms with Gasteiger partial charge in [0.1, 0.15) is 11.6 Å². The Morgan fingerprint density at radius 3 is 2.48 bits per heavy atom. The zero-order valence-corrected chi connectivity index (χ0v) is 25.4. The van der Waals surface area contributed by atoms with Gasteiger partial charge in [-0.15, -0.1) is 0 Å². The lowest BCUT2D eigenvalue weighted by Crippen LogP contribution is -2.46. The largest absolute Gasteiger partial charge is 0.497 e. The molecule has 2 aliphatic heterocycles. The van der Waals surface area contributed by atoms with Crippen LogP contribution in [0.1, 0.15) is 41.4 Å². The first kappa shape index (κ1) is 29.7. The Hall–Kier alpha value is -3.79. The minimum absolute atomic E-state index is 0.0428. The van der Waals surface area contributed by atoms with E-state index >= 15 is 0 Å². The lowest BCUT2D eigenvalue weighted by molar-refractivity contribution is -0.149. The van der Waals surface area contributed by atoms with Crippen molar-refractivity contribution in [2.75, 3.05) is 62.8 Å². The van der Waals surface area contributed by atoms with Crippen LogP contribution in [0.15, 0.2) is 59.8 Å². The summed E-state index contributed by atoms with van der Waals surface area (Å²) in [6, 6.07) is 18.0. The molecule has 1 atom stereocenters. The fourth-order valence-electron chi connectivity index (χ4n) is 5.48. The maximum atomic E-state index is 13.3. The number of carbonyl (C=O) groups is 2. The second-order valence-corrected chi connectivity index (χ2v) is 11.6. The van der Waals surface area contributed by atoms with Gasteiger partial charge in [0.15, 0.2) is 5.16 Å². The van der Waals surface area contributed by atoms with Crippen molar-refractivity contribution in [3.05, 3.63) is 71.4 Å². The fourth-order valence-corrected chi connectivity index (χ4v) is 6.32. The second kappa shape index (κ2) is 13.9. The van der Waals surface area contributed by atoms with Crippen molar-refractivity contribution in [2.45, 2.75) is 37.6 Å². The molecular weight excluding hydrogens is 550 g/mol. The fraction of sp³-hybridized carbons (Fsp3) is 0.438. The Balaban J connectivity index is 1.18. The van der Waals surface area contributed by atoms with Crippen molar-refractivity contribution < 1.29 is 19.1 Å². The number of rotatable bonds is 9. The smallest absolute Gasteiger partial charge is 0.310 e. The molecule has 222 valence electrons. The number of likely N-dealkylation sites (tertiary alicyclic amines) is 1. The van der Waals surface area contributed by atoms with Gasteiger partial charge in [0.2, 0.25) is 0 Å². The molecule has 0 spiro atoms. The number of amides is 1. The van der Waals surface area contributed by atoms with Gasteiger partial charge in [-0.1, -0.05) is 23.9 Å². The lowest BCUT2D eigenvalue weighted by atomic mass is 9.97. The van der Waals surface area contributed by atoms with Crippen LogP contribution in [0.4, 0.5) is 11.5 Å². The number of piperazine rings is 1. The van der Waals surface area contributed by atoms with Crippen molar-refractivity contribution in [2.24, 2.45) is 5.92 Å². The number of nitrogens with zero attached hydrogens (tertiary/aromatic N) is 5. The van der Waals surface area contributed by atoms with Crippen LogP contribution in [-0.2, 0) is 15.3 Å². The minimum atomic E-state index is -0.250. The zero-order chi connectivity index (χ0) is 29.5. The third kappa shape index (κ3) is 7.34. The van der Waals surface area contributed by atoms with Crippen molar-refractivity contribution in [3.63, 3.8) is 0 Å². The van der Waals surface area contributed by atoms with Crippen LogP contribution >= 0.6 is 11.8 Å². The summed E-state index contributed by atoms with van der Waals surface area (Å²) in [5, 5.41) is 0.729. The Morgan fingerprint density at radius 2 is 1.74 bits per heavy atom. The molecule has 1 aromatic heterocycles. The summed E-state index contributed by atoms with van der Waals surface area (Å²) in [6.07, 6.45) is 1.56. The molecule has 9 nitrogen and oxygen atoms in total. The highest BCUT2D eigenvalue weighted by Crippen LogP contribution is 2.26. The number of aryl methyl sites for hydroxylation is 1. The number of benzene rings is 2. The molecule has 3 aromatic rings. The van der Waals surface area contributed by atoms with Gasteiger partial charge in [0, 0.05) is 68.0 Å². The van der Waals surface area contributed by atoms with Crippen LogP contribution < -0.4 is 14.5 Å². The van der Waals surface area contributed by atoms with Gasteiger partial charge >= 0.3 is 5.97 Å². The normalized spacial score (nSPS) is 17.2. The molecule has 0 bridgehead atoms. The van der Waals surface area contributed by atoms with Crippen LogP contribution in [0.2, 0.25) is 0 Å². The molecule has 5 rings (SSSR count). The Labute approximate surface area is 252 Å². The van der Waals surface area contributed by atoms with Crippen LogP contribution in [0.25, 0.3) is 0 Å². The molecule has 0 radical (unpaired) electrons. The standard InChI is InChI=1S/C32H39N5O4S/c1-4-41-31(39)26-9-6-14-37(21-26)30(38)25-8-5-7-24(20-25)22-42-32-33-23(2)19-29(34-32)36-17-15-35(16-18-36)27-10-12-28(40-3)13-11-27/h5,7-8,10-13,19-20,26H,4,6,9,14-18,21-22H2,1-3H3. The minimum Gasteiger partial charge on any atom is -0.497 e. The number of hydrogen-bond donors (Lipinski definition) is 0. The van der Waals surface area contributed by atoms with Crippen LogP contribution in [0.5, 0.6) is 5.75 Å². The van der Waals surface area contributed by atoms with E-state index in [4.69, 9.17) is 14.5 Å². The van der Waals surface area contributed by atoms with Crippen molar-refractivity contribution in [1.82, 2.24) is 14.9 Å². The van der Waals surface area contributed by atoms with E-state index in [0.29, 0.717) is 31.0 Å². The number of aromatic nitrogens is 2. The maximum absolute atomic E-state index is 13.3. The summed E-state index contributed by atoms with van der Waals surface area (Å²) in [6.45, 7) is 8.82. The predicted molar refractivity (Wildman–Crippen MR) is 165 cm³/mol. The Kier molecular flexibility index (Phi) is 9.84. The highest BCUT2D eigenvalue weighted by molar-refractivity contribution is 7.98. The van der Waals surface area contributed by atoms with E-state index in [0.717, 1.165) is 67.0 Å². The van der Waals surface area contributed by atoms with Crippen LogP contribution in [0, 0.1) is 12.8 Å². The number of carbonyl (C=O) groups excluding carboxylic acids is 2. The van der Waals surface area contributed by atoms with Gasteiger partial charge in [-0.2, -0.15) is 0 Å². The Morgan fingerprint density at radius 1 is 0.976 bits per heavy atom. The van der Waals surface area contributed by atoms with Crippen LogP contribution in [-0.4, -0.2) is 79.7 Å². The van der Waals surface area contributed by atoms with Crippen molar-refractivity contribution in [1.29, 1.82) is 0 Å². The summed E-state index contributed by atoms with van der Waals surface area (Å²) < 4.78 is 10.5. The third-order valence-corrected chi connectivity index (χ3v) is 8.65. The number of hydrogen-bond acceptors (Lipinski definition) is 9. The highest BCUT2D eigenvalue weighted by atomic mass is 32.2. The predicted octanol–water partition coefficient (Wildman–Crippen LogP) is 4.83. The molecular formula is C32H39N5O4S. The van der Waals surface area contributed by atoms with Gasteiger partial charge in [-0.05, 0) is 68.7 Å². The van der Waals surface area contributed by atoms with Crippen molar-refractivity contribution >= 4 is 35.1 Å². The monoisotopic (exact) mass is 589 g/mol. The zero-order valence-electron chi connectivity index (χ0n) is 24.6. The molecule has 0 saturated carbocycles. The van der Waals surface area contributed by atoms with E-state index < -0.39 is 0 Å². The van der Waals surface area contributed by atoms with E-state index in [1.165, 1.54) is 5.69 Å². The average Bonchev–Trinajstić information content (AvgIpc) is 3.03. The quantitative estimate of drug-likeness (QED) is 0.198. The molecule has 1 amide bonds.